The van der Waals surface area contributed by atoms with Crippen LogP contribution in [0.5, 0.6) is 0 Å². The van der Waals surface area contributed by atoms with E-state index in [2.05, 4.69) is 31.0 Å². The predicted molar refractivity (Wildman–Crippen MR) is 87.7 cm³/mol. The van der Waals surface area contributed by atoms with Crippen LogP contribution in [0.15, 0.2) is 18.2 Å². The number of nitro groups is 1. The van der Waals surface area contributed by atoms with Crippen molar-refractivity contribution < 1.29 is 4.92 Å². The summed E-state index contributed by atoms with van der Waals surface area (Å²) in [6.45, 7) is 11.2. The second kappa shape index (κ2) is 8.62. The van der Waals surface area contributed by atoms with Gasteiger partial charge in [0.1, 0.15) is 5.69 Å². The van der Waals surface area contributed by atoms with Gasteiger partial charge in [0.2, 0.25) is 0 Å². The molecule has 0 aliphatic rings. The third-order valence-corrected chi connectivity index (χ3v) is 3.45. The minimum absolute atomic E-state index is 0.152. The summed E-state index contributed by atoms with van der Waals surface area (Å²) in [4.78, 5) is 13.1. The zero-order chi connectivity index (χ0) is 15.8. The van der Waals surface area contributed by atoms with E-state index in [1.54, 1.807) is 6.07 Å². The number of nitro benzene ring substituents is 1. The lowest BCUT2D eigenvalue weighted by molar-refractivity contribution is -0.384. The van der Waals surface area contributed by atoms with Crippen molar-refractivity contribution in [3.63, 3.8) is 0 Å². The summed E-state index contributed by atoms with van der Waals surface area (Å²) >= 11 is 0. The molecule has 0 saturated carbocycles. The second-order valence-corrected chi connectivity index (χ2v) is 5.60. The molecule has 0 bridgehead atoms. The molecule has 118 valence electrons. The van der Waals surface area contributed by atoms with Crippen molar-refractivity contribution >= 4 is 11.4 Å². The Morgan fingerprint density at radius 3 is 2.52 bits per heavy atom. The number of rotatable bonds is 9. The lowest BCUT2D eigenvalue weighted by atomic mass is 10.1. The molecular formula is C16H27N3O2. The lowest BCUT2D eigenvalue weighted by Crippen LogP contribution is -2.31. The first-order valence-corrected chi connectivity index (χ1v) is 7.74. The molecule has 0 heterocycles. The van der Waals surface area contributed by atoms with Crippen LogP contribution in [0.1, 0.15) is 46.1 Å². The molecule has 1 N–H and O–H groups in total. The van der Waals surface area contributed by atoms with Crippen LogP contribution in [0.3, 0.4) is 0 Å². The Labute approximate surface area is 127 Å². The van der Waals surface area contributed by atoms with Gasteiger partial charge < -0.3 is 5.32 Å². The van der Waals surface area contributed by atoms with E-state index in [0.717, 1.165) is 38.0 Å². The highest BCUT2D eigenvalue weighted by Gasteiger charge is 2.15. The zero-order valence-corrected chi connectivity index (χ0v) is 13.6. The maximum Gasteiger partial charge on any atom is 0.292 e. The summed E-state index contributed by atoms with van der Waals surface area (Å²) in [5.74, 6) is 0. The summed E-state index contributed by atoms with van der Waals surface area (Å²) in [5.41, 5.74) is 1.89. The quantitative estimate of drug-likeness (QED) is 0.551. The SMILES string of the molecule is CCCNc1cc(CN(CCC)C(C)C)ccc1[N+](=O)[O-]. The van der Waals surface area contributed by atoms with Crippen molar-refractivity contribution in [1.82, 2.24) is 4.90 Å². The first kappa shape index (κ1) is 17.4. The fourth-order valence-electron chi connectivity index (χ4n) is 2.28. The van der Waals surface area contributed by atoms with E-state index in [0.29, 0.717) is 11.7 Å². The van der Waals surface area contributed by atoms with Gasteiger partial charge in [-0.3, -0.25) is 15.0 Å². The van der Waals surface area contributed by atoms with Crippen molar-refractivity contribution in [3.8, 4) is 0 Å². The Kier molecular flexibility index (Phi) is 7.15. The molecule has 1 aromatic carbocycles. The van der Waals surface area contributed by atoms with E-state index in [-0.39, 0.29) is 10.6 Å². The van der Waals surface area contributed by atoms with Crippen molar-refractivity contribution in [2.45, 2.75) is 53.1 Å². The number of benzene rings is 1. The molecule has 0 aliphatic carbocycles. The highest BCUT2D eigenvalue weighted by molar-refractivity contribution is 5.62. The van der Waals surface area contributed by atoms with Gasteiger partial charge in [-0.1, -0.05) is 19.9 Å². The zero-order valence-electron chi connectivity index (χ0n) is 13.6. The van der Waals surface area contributed by atoms with Gasteiger partial charge >= 0.3 is 0 Å². The van der Waals surface area contributed by atoms with Gasteiger partial charge in [0, 0.05) is 25.2 Å². The molecule has 0 atom stereocenters. The Morgan fingerprint density at radius 2 is 2.00 bits per heavy atom. The van der Waals surface area contributed by atoms with Crippen LogP contribution in [0.25, 0.3) is 0 Å². The molecule has 0 unspecified atom stereocenters. The Morgan fingerprint density at radius 1 is 1.29 bits per heavy atom. The topological polar surface area (TPSA) is 58.4 Å². The number of nitrogens with zero attached hydrogens (tertiary/aromatic N) is 2. The normalized spacial score (nSPS) is 11.1. The van der Waals surface area contributed by atoms with Crippen LogP contribution in [-0.4, -0.2) is 29.0 Å². The molecule has 5 nitrogen and oxygen atoms in total. The van der Waals surface area contributed by atoms with Crippen LogP contribution >= 0.6 is 0 Å². The molecule has 0 amide bonds. The monoisotopic (exact) mass is 293 g/mol. The van der Waals surface area contributed by atoms with Gasteiger partial charge in [0.25, 0.3) is 5.69 Å². The van der Waals surface area contributed by atoms with Crippen LogP contribution < -0.4 is 5.32 Å². The maximum atomic E-state index is 11.1. The van der Waals surface area contributed by atoms with Crippen molar-refractivity contribution in [1.29, 1.82) is 0 Å². The van der Waals surface area contributed by atoms with E-state index >= 15 is 0 Å². The molecule has 0 fully saturated rings. The van der Waals surface area contributed by atoms with Crippen LogP contribution in [0.2, 0.25) is 0 Å². The van der Waals surface area contributed by atoms with E-state index in [4.69, 9.17) is 0 Å². The number of hydrogen-bond acceptors (Lipinski definition) is 4. The molecule has 0 saturated heterocycles. The average molecular weight is 293 g/mol. The van der Waals surface area contributed by atoms with Crippen LogP contribution in [-0.2, 0) is 6.54 Å². The first-order chi connectivity index (χ1) is 9.99. The Hall–Kier alpha value is -1.62. The van der Waals surface area contributed by atoms with Crippen molar-refractivity contribution in [3.05, 3.63) is 33.9 Å². The largest absolute Gasteiger partial charge is 0.379 e. The predicted octanol–water partition coefficient (Wildman–Crippen LogP) is 4.04. The highest BCUT2D eigenvalue weighted by Crippen LogP contribution is 2.26. The molecule has 21 heavy (non-hydrogen) atoms. The molecule has 0 radical (unpaired) electrons. The maximum absolute atomic E-state index is 11.1. The number of hydrogen-bond donors (Lipinski definition) is 1. The molecule has 0 aliphatic heterocycles. The Bertz CT molecular complexity index is 461. The van der Waals surface area contributed by atoms with E-state index in [1.807, 2.05) is 19.1 Å². The van der Waals surface area contributed by atoms with Crippen molar-refractivity contribution in [2.24, 2.45) is 0 Å². The van der Waals surface area contributed by atoms with Gasteiger partial charge in [-0.2, -0.15) is 0 Å². The number of nitrogens with one attached hydrogen (secondary N) is 1. The molecular weight excluding hydrogens is 266 g/mol. The minimum atomic E-state index is -0.325. The van der Waals surface area contributed by atoms with Gasteiger partial charge in [-0.15, -0.1) is 0 Å². The van der Waals surface area contributed by atoms with Crippen LogP contribution in [0, 0.1) is 10.1 Å². The molecule has 1 rings (SSSR count). The second-order valence-electron chi connectivity index (χ2n) is 5.60. The lowest BCUT2D eigenvalue weighted by Gasteiger charge is -2.26. The third-order valence-electron chi connectivity index (χ3n) is 3.45. The van der Waals surface area contributed by atoms with E-state index < -0.39 is 0 Å². The van der Waals surface area contributed by atoms with Gasteiger partial charge in [0.15, 0.2) is 0 Å². The summed E-state index contributed by atoms with van der Waals surface area (Å²) in [6.07, 6.45) is 2.04. The average Bonchev–Trinajstić information content (AvgIpc) is 2.44. The van der Waals surface area contributed by atoms with Crippen LogP contribution in [0.4, 0.5) is 11.4 Å². The standard InChI is InChI=1S/C16H27N3O2/c1-5-9-17-15-11-14(7-8-16(15)19(20)21)12-18(10-6-2)13(3)4/h7-8,11,13,17H,5-6,9-10,12H2,1-4H3. The van der Waals surface area contributed by atoms with E-state index in [9.17, 15) is 10.1 Å². The first-order valence-electron chi connectivity index (χ1n) is 7.74. The third kappa shape index (κ3) is 5.34. The highest BCUT2D eigenvalue weighted by atomic mass is 16.6. The summed E-state index contributed by atoms with van der Waals surface area (Å²) in [5, 5.41) is 14.2. The summed E-state index contributed by atoms with van der Waals surface area (Å²) < 4.78 is 0. The number of anilines is 1. The van der Waals surface area contributed by atoms with Gasteiger partial charge in [0.05, 0.1) is 4.92 Å². The Balaban J connectivity index is 2.95. The smallest absolute Gasteiger partial charge is 0.292 e. The molecule has 0 spiro atoms. The van der Waals surface area contributed by atoms with E-state index in [1.165, 1.54) is 0 Å². The summed E-state index contributed by atoms with van der Waals surface area (Å²) in [7, 11) is 0. The fourth-order valence-corrected chi connectivity index (χ4v) is 2.28. The van der Waals surface area contributed by atoms with Gasteiger partial charge in [-0.05, 0) is 44.9 Å². The molecule has 1 aromatic rings. The summed E-state index contributed by atoms with van der Waals surface area (Å²) in [6, 6.07) is 5.85. The van der Waals surface area contributed by atoms with Crippen molar-refractivity contribution in [2.75, 3.05) is 18.4 Å². The molecule has 0 aromatic heterocycles. The minimum Gasteiger partial charge on any atom is -0.379 e. The molecule has 5 heteroatoms. The van der Waals surface area contributed by atoms with Gasteiger partial charge in [-0.25, -0.2) is 0 Å². The fraction of sp³-hybridized carbons (Fsp3) is 0.625.